The smallest absolute Gasteiger partial charge is 0.274 e. The fourth-order valence-corrected chi connectivity index (χ4v) is 4.72. The molecule has 1 N–H and O–H groups in total. The van der Waals surface area contributed by atoms with Gasteiger partial charge in [-0.05, 0) is 43.0 Å². The van der Waals surface area contributed by atoms with Crippen molar-refractivity contribution in [1.29, 1.82) is 0 Å². The summed E-state index contributed by atoms with van der Waals surface area (Å²) >= 11 is 0. The van der Waals surface area contributed by atoms with Gasteiger partial charge in [0.05, 0.1) is 25.2 Å². The Hall–Kier alpha value is -3.52. The molecule has 0 bridgehead atoms. The van der Waals surface area contributed by atoms with Gasteiger partial charge in [-0.1, -0.05) is 42.0 Å². The molecule has 1 atom stereocenters. The van der Waals surface area contributed by atoms with Crippen LogP contribution in [0.4, 0.5) is 4.39 Å². The first-order chi connectivity index (χ1) is 17.0. The molecule has 8 heteroatoms. The fraction of sp³-hybridized carbons (Fsp3) is 0.370. The van der Waals surface area contributed by atoms with Gasteiger partial charge in [0, 0.05) is 25.6 Å². The first-order valence-corrected chi connectivity index (χ1v) is 12.0. The number of imidazole rings is 1. The molecule has 0 spiro atoms. The summed E-state index contributed by atoms with van der Waals surface area (Å²) in [6.45, 7) is 4.39. The van der Waals surface area contributed by atoms with E-state index >= 15 is 0 Å². The molecular formula is C27H29FN4O3. The van der Waals surface area contributed by atoms with E-state index in [1.165, 1.54) is 17.7 Å². The Labute approximate surface area is 203 Å². The Bertz CT molecular complexity index is 1200. The third-order valence-electron chi connectivity index (χ3n) is 6.91. The van der Waals surface area contributed by atoms with Crippen molar-refractivity contribution >= 4 is 11.8 Å². The fourth-order valence-electron chi connectivity index (χ4n) is 4.72. The van der Waals surface area contributed by atoms with Gasteiger partial charge in [-0.2, -0.15) is 0 Å². The molecule has 2 aliphatic heterocycles. The molecule has 1 aromatic heterocycles. The Morgan fingerprint density at radius 1 is 1.09 bits per heavy atom. The number of aromatic nitrogens is 2. The highest BCUT2D eigenvalue weighted by Gasteiger charge is 2.32. The summed E-state index contributed by atoms with van der Waals surface area (Å²) in [5, 5.41) is 2.92. The first-order valence-electron chi connectivity index (χ1n) is 12.0. The lowest BCUT2D eigenvalue weighted by Crippen LogP contribution is -2.43. The molecule has 3 aromatic rings. The summed E-state index contributed by atoms with van der Waals surface area (Å²) in [5.74, 6) is -0.583. The SMILES string of the molecule is Cc1ccc([C@H]2Cn3cnc(C(=O)N4CCC(C(=O)NCc5ccc(F)cc5)CC4)c3CO2)cc1. The van der Waals surface area contributed by atoms with E-state index < -0.39 is 0 Å². The van der Waals surface area contributed by atoms with Gasteiger partial charge in [-0.3, -0.25) is 9.59 Å². The van der Waals surface area contributed by atoms with Crippen LogP contribution in [0.2, 0.25) is 0 Å². The average Bonchev–Trinajstić information content (AvgIpc) is 3.31. The zero-order valence-electron chi connectivity index (χ0n) is 19.7. The second-order valence-electron chi connectivity index (χ2n) is 9.31. The highest BCUT2D eigenvalue weighted by Crippen LogP contribution is 2.29. The van der Waals surface area contributed by atoms with E-state index in [4.69, 9.17) is 4.74 Å². The minimum Gasteiger partial charge on any atom is -0.365 e. The minimum absolute atomic E-state index is 0.0312. The lowest BCUT2D eigenvalue weighted by molar-refractivity contribution is -0.126. The number of ether oxygens (including phenoxy) is 1. The number of aryl methyl sites for hydroxylation is 1. The number of likely N-dealkylation sites (tertiary alicyclic amines) is 1. The van der Waals surface area contributed by atoms with Gasteiger partial charge in [0.2, 0.25) is 5.91 Å². The van der Waals surface area contributed by atoms with Crippen LogP contribution in [-0.4, -0.2) is 39.4 Å². The molecule has 1 fully saturated rings. The van der Waals surface area contributed by atoms with Crippen LogP contribution in [0.5, 0.6) is 0 Å². The number of halogens is 1. The minimum atomic E-state index is -0.297. The van der Waals surface area contributed by atoms with Crippen molar-refractivity contribution < 1.29 is 18.7 Å². The van der Waals surface area contributed by atoms with Crippen LogP contribution in [0, 0.1) is 18.7 Å². The van der Waals surface area contributed by atoms with Crippen LogP contribution in [0.15, 0.2) is 54.9 Å². The average molecular weight is 477 g/mol. The number of nitrogens with zero attached hydrogens (tertiary/aromatic N) is 3. The standard InChI is InChI=1S/C27H29FN4O3/c1-18-2-6-20(7-3-18)24-15-32-17-30-25(23(32)16-35-24)27(34)31-12-10-21(11-13-31)26(33)29-14-19-4-8-22(28)9-5-19/h2-9,17,21,24H,10-16H2,1H3,(H,29,33)/t24-/m1/s1. The van der Waals surface area contributed by atoms with Gasteiger partial charge in [0.25, 0.3) is 5.91 Å². The van der Waals surface area contributed by atoms with Gasteiger partial charge in [-0.25, -0.2) is 9.37 Å². The summed E-state index contributed by atoms with van der Waals surface area (Å²) in [6, 6.07) is 14.4. The van der Waals surface area contributed by atoms with E-state index in [0.717, 1.165) is 16.8 Å². The number of hydrogen-bond acceptors (Lipinski definition) is 4. The predicted molar refractivity (Wildman–Crippen MR) is 128 cm³/mol. The summed E-state index contributed by atoms with van der Waals surface area (Å²) in [5.41, 5.74) is 4.41. The van der Waals surface area contributed by atoms with Crippen molar-refractivity contribution in [2.24, 2.45) is 5.92 Å². The molecule has 182 valence electrons. The van der Waals surface area contributed by atoms with Crippen LogP contribution in [-0.2, 0) is 29.2 Å². The molecule has 2 aromatic carbocycles. The summed E-state index contributed by atoms with van der Waals surface area (Å²) in [7, 11) is 0. The number of fused-ring (bicyclic) bond motifs is 1. The molecule has 35 heavy (non-hydrogen) atoms. The largest absolute Gasteiger partial charge is 0.365 e. The van der Waals surface area contributed by atoms with Gasteiger partial charge >= 0.3 is 0 Å². The van der Waals surface area contributed by atoms with E-state index in [1.807, 2.05) is 4.57 Å². The maximum Gasteiger partial charge on any atom is 0.274 e. The summed E-state index contributed by atoms with van der Waals surface area (Å²) in [4.78, 5) is 32.0. The van der Waals surface area contributed by atoms with Crippen molar-refractivity contribution in [3.05, 3.63) is 88.8 Å². The highest BCUT2D eigenvalue weighted by atomic mass is 19.1. The summed E-state index contributed by atoms with van der Waals surface area (Å²) < 4.78 is 21.1. The van der Waals surface area contributed by atoms with Crippen molar-refractivity contribution in [2.45, 2.75) is 45.6 Å². The lowest BCUT2D eigenvalue weighted by atomic mass is 9.95. The first kappa shape index (κ1) is 23.2. The number of benzene rings is 2. The zero-order valence-corrected chi connectivity index (χ0v) is 19.7. The zero-order chi connectivity index (χ0) is 24.4. The number of rotatable bonds is 5. The number of carbonyl (C=O) groups is 2. The van der Waals surface area contributed by atoms with Gasteiger partial charge < -0.3 is 19.5 Å². The molecule has 0 saturated carbocycles. The van der Waals surface area contributed by atoms with Crippen LogP contribution < -0.4 is 5.32 Å². The molecular weight excluding hydrogens is 447 g/mol. The molecule has 0 unspecified atom stereocenters. The third-order valence-corrected chi connectivity index (χ3v) is 6.91. The van der Waals surface area contributed by atoms with Crippen LogP contribution in [0.1, 0.15) is 51.8 Å². The van der Waals surface area contributed by atoms with Crippen molar-refractivity contribution in [1.82, 2.24) is 19.8 Å². The molecule has 3 heterocycles. The van der Waals surface area contributed by atoms with Crippen LogP contribution >= 0.6 is 0 Å². The second kappa shape index (κ2) is 10.00. The van der Waals surface area contributed by atoms with E-state index in [1.54, 1.807) is 23.4 Å². The Kier molecular flexibility index (Phi) is 6.63. The quantitative estimate of drug-likeness (QED) is 0.608. The Morgan fingerprint density at radius 2 is 1.80 bits per heavy atom. The van der Waals surface area contributed by atoms with Crippen LogP contribution in [0.3, 0.4) is 0 Å². The maximum atomic E-state index is 13.2. The monoisotopic (exact) mass is 476 g/mol. The Balaban J connectivity index is 1.15. The van der Waals surface area contributed by atoms with E-state index in [0.29, 0.717) is 51.3 Å². The van der Waals surface area contributed by atoms with E-state index in [-0.39, 0.29) is 29.7 Å². The van der Waals surface area contributed by atoms with E-state index in [9.17, 15) is 14.0 Å². The topological polar surface area (TPSA) is 76.5 Å². The number of nitrogens with one attached hydrogen (secondary N) is 1. The van der Waals surface area contributed by atoms with Crippen LogP contribution in [0.25, 0.3) is 0 Å². The van der Waals surface area contributed by atoms with Gasteiger partial charge in [0.1, 0.15) is 11.9 Å². The van der Waals surface area contributed by atoms with Crippen molar-refractivity contribution in [2.75, 3.05) is 13.1 Å². The highest BCUT2D eigenvalue weighted by molar-refractivity contribution is 5.93. The molecule has 2 amide bonds. The summed E-state index contributed by atoms with van der Waals surface area (Å²) in [6.07, 6.45) is 2.86. The maximum absolute atomic E-state index is 13.2. The van der Waals surface area contributed by atoms with Crippen molar-refractivity contribution in [3.8, 4) is 0 Å². The number of amides is 2. The number of carbonyl (C=O) groups excluding carboxylic acids is 2. The van der Waals surface area contributed by atoms with Crippen molar-refractivity contribution in [3.63, 3.8) is 0 Å². The molecule has 7 nitrogen and oxygen atoms in total. The lowest BCUT2D eigenvalue weighted by Gasteiger charge is -2.31. The predicted octanol–water partition coefficient (Wildman–Crippen LogP) is 3.77. The molecule has 2 aliphatic rings. The third kappa shape index (κ3) is 5.12. The molecule has 5 rings (SSSR count). The number of hydrogen-bond donors (Lipinski definition) is 1. The molecule has 0 aliphatic carbocycles. The molecule has 0 radical (unpaired) electrons. The Morgan fingerprint density at radius 3 is 2.51 bits per heavy atom. The van der Waals surface area contributed by atoms with Gasteiger partial charge in [-0.15, -0.1) is 0 Å². The second-order valence-corrected chi connectivity index (χ2v) is 9.31. The van der Waals surface area contributed by atoms with Gasteiger partial charge in [0.15, 0.2) is 5.69 Å². The number of piperidine rings is 1. The normalized spacial score (nSPS) is 18.2. The molecule has 1 saturated heterocycles. The van der Waals surface area contributed by atoms with E-state index in [2.05, 4.69) is 41.5 Å².